The van der Waals surface area contributed by atoms with Crippen molar-refractivity contribution in [2.24, 2.45) is 0 Å². The number of Topliss-reactive ketones (excluding diaryl/α,β-unsaturated/α-hetero) is 1. The molecule has 1 atom stereocenters. The van der Waals surface area contributed by atoms with Crippen molar-refractivity contribution < 1.29 is 28.6 Å². The van der Waals surface area contributed by atoms with Gasteiger partial charge < -0.3 is 23.9 Å². The van der Waals surface area contributed by atoms with Crippen molar-refractivity contribution in [3.63, 3.8) is 0 Å². The third-order valence-corrected chi connectivity index (χ3v) is 6.42. The predicted molar refractivity (Wildman–Crippen MR) is 141 cm³/mol. The maximum Gasteiger partial charge on any atom is 0.296 e. The fourth-order valence-corrected chi connectivity index (χ4v) is 4.61. The van der Waals surface area contributed by atoms with Crippen LogP contribution in [0.3, 0.4) is 0 Å². The summed E-state index contributed by atoms with van der Waals surface area (Å²) in [5.41, 5.74) is 1.81. The van der Waals surface area contributed by atoms with Crippen molar-refractivity contribution in [1.29, 1.82) is 0 Å². The molecular formula is C30H33NO6. The van der Waals surface area contributed by atoms with E-state index in [1.807, 2.05) is 58.0 Å². The van der Waals surface area contributed by atoms with E-state index in [4.69, 9.17) is 13.9 Å². The lowest BCUT2D eigenvalue weighted by Gasteiger charge is -2.25. The van der Waals surface area contributed by atoms with Gasteiger partial charge in [-0.3, -0.25) is 9.59 Å². The van der Waals surface area contributed by atoms with E-state index in [0.717, 1.165) is 11.1 Å². The second-order valence-corrected chi connectivity index (χ2v) is 10.1. The second kappa shape index (κ2) is 10.2. The van der Waals surface area contributed by atoms with Crippen molar-refractivity contribution in [3.05, 3.63) is 88.4 Å². The van der Waals surface area contributed by atoms with Gasteiger partial charge in [-0.1, -0.05) is 32.9 Å². The summed E-state index contributed by atoms with van der Waals surface area (Å²) in [4.78, 5) is 28.1. The van der Waals surface area contributed by atoms with Crippen LogP contribution in [0.4, 0.5) is 0 Å². The number of carbonyl (C=O) groups is 2. The van der Waals surface area contributed by atoms with Gasteiger partial charge in [-0.05, 0) is 67.3 Å². The number of amides is 1. The van der Waals surface area contributed by atoms with Crippen molar-refractivity contribution in [1.82, 2.24) is 4.90 Å². The normalized spacial score (nSPS) is 17.4. The summed E-state index contributed by atoms with van der Waals surface area (Å²) in [7, 11) is 1.57. The highest BCUT2D eigenvalue weighted by atomic mass is 16.5. The SMILES string of the molecule is CCOc1ccc(/C(O)=C2/C(=O)C(=O)N(Cc3cccc(OC)c3)C2c2ccc(C)o2)cc1C(C)(C)C. The first kappa shape index (κ1) is 26.1. The number of benzene rings is 2. The molecule has 0 radical (unpaired) electrons. The lowest BCUT2D eigenvalue weighted by Crippen LogP contribution is -2.29. The molecule has 0 saturated carbocycles. The van der Waals surface area contributed by atoms with Crippen LogP contribution >= 0.6 is 0 Å². The van der Waals surface area contributed by atoms with E-state index in [2.05, 4.69) is 0 Å². The summed E-state index contributed by atoms with van der Waals surface area (Å²) in [5, 5.41) is 11.5. The first-order valence-corrected chi connectivity index (χ1v) is 12.3. The van der Waals surface area contributed by atoms with Crippen LogP contribution in [0, 0.1) is 6.92 Å². The Morgan fingerprint density at radius 2 is 1.84 bits per heavy atom. The predicted octanol–water partition coefficient (Wildman–Crippen LogP) is 5.91. The third kappa shape index (κ3) is 5.12. The molecule has 1 aromatic heterocycles. The minimum absolute atomic E-state index is 0.00809. The molecule has 1 amide bonds. The van der Waals surface area contributed by atoms with Crippen LogP contribution in [0.5, 0.6) is 11.5 Å². The largest absolute Gasteiger partial charge is 0.507 e. The Hall–Kier alpha value is -4.00. The maximum atomic E-state index is 13.4. The molecule has 194 valence electrons. The highest BCUT2D eigenvalue weighted by molar-refractivity contribution is 6.46. The average Bonchev–Trinajstić information content (AvgIpc) is 3.39. The summed E-state index contributed by atoms with van der Waals surface area (Å²) < 4.78 is 17.0. The molecule has 1 aliphatic rings. The van der Waals surface area contributed by atoms with E-state index in [1.165, 1.54) is 4.90 Å². The van der Waals surface area contributed by atoms with Crippen LogP contribution < -0.4 is 9.47 Å². The maximum absolute atomic E-state index is 13.4. The molecule has 37 heavy (non-hydrogen) atoms. The van der Waals surface area contributed by atoms with Crippen LogP contribution in [0.25, 0.3) is 5.76 Å². The number of hydrogen-bond acceptors (Lipinski definition) is 6. The monoisotopic (exact) mass is 503 g/mol. The molecule has 2 heterocycles. The summed E-state index contributed by atoms with van der Waals surface area (Å²) in [5.74, 6) is 0.683. The Kier molecular flexibility index (Phi) is 7.16. The number of ether oxygens (including phenoxy) is 2. The van der Waals surface area contributed by atoms with Gasteiger partial charge in [0.05, 0.1) is 19.3 Å². The average molecular weight is 504 g/mol. The zero-order chi connectivity index (χ0) is 26.9. The Balaban J connectivity index is 1.86. The molecule has 7 nitrogen and oxygen atoms in total. The van der Waals surface area contributed by atoms with Crippen LogP contribution in [-0.4, -0.2) is 35.4 Å². The molecule has 0 bridgehead atoms. The minimum atomic E-state index is -0.885. The molecule has 1 unspecified atom stereocenters. The van der Waals surface area contributed by atoms with Crippen LogP contribution in [0.2, 0.25) is 0 Å². The molecule has 1 N–H and O–H groups in total. The molecule has 7 heteroatoms. The highest BCUT2D eigenvalue weighted by Gasteiger charge is 2.47. The molecular weight excluding hydrogens is 470 g/mol. The number of aryl methyl sites for hydroxylation is 1. The molecule has 1 fully saturated rings. The molecule has 4 rings (SSSR count). The van der Waals surface area contributed by atoms with E-state index in [1.54, 1.807) is 38.3 Å². The Morgan fingerprint density at radius 3 is 2.46 bits per heavy atom. The number of carbonyl (C=O) groups excluding carboxylic acids is 2. The van der Waals surface area contributed by atoms with Crippen molar-refractivity contribution in [3.8, 4) is 11.5 Å². The quantitative estimate of drug-likeness (QED) is 0.245. The van der Waals surface area contributed by atoms with Gasteiger partial charge in [-0.25, -0.2) is 0 Å². The van der Waals surface area contributed by atoms with Crippen molar-refractivity contribution >= 4 is 17.4 Å². The molecule has 0 aliphatic carbocycles. The molecule has 1 saturated heterocycles. The smallest absolute Gasteiger partial charge is 0.296 e. The Morgan fingerprint density at radius 1 is 1.08 bits per heavy atom. The summed E-state index contributed by atoms with van der Waals surface area (Å²) in [6.07, 6.45) is 0. The number of ketones is 1. The van der Waals surface area contributed by atoms with Crippen molar-refractivity contribution in [2.45, 2.75) is 52.6 Å². The molecule has 3 aromatic rings. The van der Waals surface area contributed by atoms with Gasteiger partial charge >= 0.3 is 0 Å². The number of likely N-dealkylation sites (tertiary alicyclic amines) is 1. The topological polar surface area (TPSA) is 89.2 Å². The standard InChI is InChI=1S/C30H33NO6/c1-7-36-23-14-12-20(16-22(23)30(3,4)5)27(32)25-26(24-13-11-18(2)37-24)31(29(34)28(25)33)17-19-9-8-10-21(15-19)35-6/h8-16,26,32H,7,17H2,1-6H3/b27-25-. The van der Waals surface area contributed by atoms with E-state index in [9.17, 15) is 14.7 Å². The molecule has 0 spiro atoms. The van der Waals surface area contributed by atoms with E-state index >= 15 is 0 Å². The van der Waals surface area contributed by atoms with Crippen LogP contribution in [-0.2, 0) is 21.5 Å². The molecule has 1 aliphatic heterocycles. The van der Waals surface area contributed by atoms with Gasteiger partial charge in [0.2, 0.25) is 0 Å². The highest BCUT2D eigenvalue weighted by Crippen LogP contribution is 2.42. The molecule has 2 aromatic carbocycles. The van der Waals surface area contributed by atoms with Gasteiger partial charge in [-0.2, -0.15) is 0 Å². The van der Waals surface area contributed by atoms with Gasteiger partial charge in [0.1, 0.15) is 34.8 Å². The van der Waals surface area contributed by atoms with Gasteiger partial charge in [-0.15, -0.1) is 0 Å². The zero-order valence-electron chi connectivity index (χ0n) is 22.1. The second-order valence-electron chi connectivity index (χ2n) is 10.1. The fourth-order valence-electron chi connectivity index (χ4n) is 4.61. The summed E-state index contributed by atoms with van der Waals surface area (Å²) >= 11 is 0. The zero-order valence-corrected chi connectivity index (χ0v) is 22.1. The number of rotatable bonds is 7. The van der Waals surface area contributed by atoms with Crippen LogP contribution in [0.1, 0.15) is 61.9 Å². The van der Waals surface area contributed by atoms with E-state index < -0.39 is 17.7 Å². The van der Waals surface area contributed by atoms with E-state index in [-0.39, 0.29) is 23.3 Å². The third-order valence-electron chi connectivity index (χ3n) is 6.42. The number of nitrogens with zero attached hydrogens (tertiary/aromatic N) is 1. The Labute approximate surface area is 217 Å². The van der Waals surface area contributed by atoms with Crippen molar-refractivity contribution in [2.75, 3.05) is 13.7 Å². The first-order valence-electron chi connectivity index (χ1n) is 12.3. The summed E-state index contributed by atoms with van der Waals surface area (Å²) in [6.45, 7) is 10.5. The number of furan rings is 1. The van der Waals surface area contributed by atoms with Gasteiger partial charge in [0.15, 0.2) is 0 Å². The number of aliphatic hydroxyl groups is 1. The van der Waals surface area contributed by atoms with Gasteiger partial charge in [0, 0.05) is 17.7 Å². The van der Waals surface area contributed by atoms with Crippen LogP contribution in [0.15, 0.2) is 64.6 Å². The fraction of sp³-hybridized carbons (Fsp3) is 0.333. The Bertz CT molecular complexity index is 1360. The lowest BCUT2D eigenvalue weighted by atomic mass is 9.84. The van der Waals surface area contributed by atoms with E-state index in [0.29, 0.717) is 35.2 Å². The lowest BCUT2D eigenvalue weighted by molar-refractivity contribution is -0.140. The number of aliphatic hydroxyl groups excluding tert-OH is 1. The number of hydrogen-bond donors (Lipinski definition) is 1. The first-order chi connectivity index (χ1) is 17.5. The number of methoxy groups -OCH3 is 1. The minimum Gasteiger partial charge on any atom is -0.507 e. The summed E-state index contributed by atoms with van der Waals surface area (Å²) in [6, 6.07) is 15.2. The van der Waals surface area contributed by atoms with Gasteiger partial charge in [0.25, 0.3) is 11.7 Å².